The van der Waals surface area contributed by atoms with E-state index in [0.29, 0.717) is 24.1 Å². The number of benzene rings is 3. The summed E-state index contributed by atoms with van der Waals surface area (Å²) in [5.74, 6) is -1.78. The number of fused-ring (bicyclic) bond motifs is 1. The van der Waals surface area contributed by atoms with E-state index in [-0.39, 0.29) is 34.5 Å². The zero-order chi connectivity index (χ0) is 31.6. The van der Waals surface area contributed by atoms with Crippen LogP contribution in [0.4, 0.5) is 5.69 Å². The smallest absolute Gasteiger partial charge is 0.249 e. The minimum absolute atomic E-state index is 0.0800. The van der Waals surface area contributed by atoms with Crippen LogP contribution >= 0.6 is 0 Å². The molecular formula is C32H36N6O6S. The summed E-state index contributed by atoms with van der Waals surface area (Å²) in [5.41, 5.74) is 1.78. The number of hydrogen-bond acceptors (Lipinski definition) is 8. The van der Waals surface area contributed by atoms with Crippen molar-refractivity contribution in [2.45, 2.75) is 68.5 Å². The Morgan fingerprint density at radius 2 is 1.62 bits per heavy atom. The first-order valence-corrected chi connectivity index (χ1v) is 16.7. The third-order valence-electron chi connectivity index (χ3n) is 8.56. The van der Waals surface area contributed by atoms with Gasteiger partial charge in [0.25, 0.3) is 0 Å². The zero-order valence-corrected chi connectivity index (χ0v) is 25.6. The van der Waals surface area contributed by atoms with Gasteiger partial charge in [0.15, 0.2) is 11.5 Å². The summed E-state index contributed by atoms with van der Waals surface area (Å²) in [6, 6.07) is 15.8. The number of anilines is 1. The van der Waals surface area contributed by atoms with E-state index in [4.69, 9.17) is 0 Å². The molecule has 1 aliphatic carbocycles. The van der Waals surface area contributed by atoms with Crippen LogP contribution in [0.2, 0.25) is 0 Å². The number of aromatic nitrogens is 3. The fourth-order valence-electron chi connectivity index (χ4n) is 6.19. The molecule has 13 heteroatoms. The predicted octanol–water partition coefficient (Wildman–Crippen LogP) is 3.85. The van der Waals surface area contributed by atoms with Gasteiger partial charge in [0.1, 0.15) is 18.1 Å². The molecule has 0 spiro atoms. The summed E-state index contributed by atoms with van der Waals surface area (Å²) in [4.78, 5) is 29.9. The molecular weight excluding hydrogens is 596 g/mol. The topological polar surface area (TPSA) is 158 Å². The fraction of sp³-hybridized carbons (Fsp3) is 0.375. The first-order valence-electron chi connectivity index (χ1n) is 15.2. The second kappa shape index (κ2) is 12.9. The van der Waals surface area contributed by atoms with E-state index in [1.807, 2.05) is 12.1 Å². The van der Waals surface area contributed by atoms with E-state index in [1.165, 1.54) is 56.4 Å². The zero-order valence-electron chi connectivity index (χ0n) is 24.7. The van der Waals surface area contributed by atoms with E-state index in [0.717, 1.165) is 44.9 Å². The number of sulfonamides is 1. The van der Waals surface area contributed by atoms with Crippen LogP contribution in [0.3, 0.4) is 0 Å². The van der Waals surface area contributed by atoms with Gasteiger partial charge in [-0.05, 0) is 79.8 Å². The second-order valence-corrected chi connectivity index (χ2v) is 13.5. The maximum Gasteiger partial charge on any atom is 0.249 e. The molecule has 3 aromatic carbocycles. The SMILES string of the molecule is O=C(NC1CCCCC1)C(c1ccc(O)c(O)c1)N(C(=O)Cn1nnc2ccccc21)c1ccc(S(=O)(=O)N2CCCC2)cc1. The van der Waals surface area contributed by atoms with Gasteiger partial charge in [0, 0.05) is 24.8 Å². The normalized spacial score (nSPS) is 16.9. The van der Waals surface area contributed by atoms with Gasteiger partial charge in [-0.15, -0.1) is 5.10 Å². The average molecular weight is 633 g/mol. The molecule has 3 N–H and O–H groups in total. The van der Waals surface area contributed by atoms with Crippen LogP contribution in [0, 0.1) is 0 Å². The Kier molecular flexibility index (Phi) is 8.72. The van der Waals surface area contributed by atoms with Crippen molar-refractivity contribution in [3.63, 3.8) is 0 Å². The molecule has 1 aromatic heterocycles. The first kappa shape index (κ1) is 30.5. The fourth-order valence-corrected chi connectivity index (χ4v) is 7.70. The molecule has 2 heterocycles. The summed E-state index contributed by atoms with van der Waals surface area (Å²) in [5, 5.41) is 31.9. The largest absolute Gasteiger partial charge is 0.504 e. The number of para-hydroxylation sites is 1. The molecule has 1 atom stereocenters. The van der Waals surface area contributed by atoms with Crippen molar-refractivity contribution in [3.8, 4) is 11.5 Å². The second-order valence-electron chi connectivity index (χ2n) is 11.6. The summed E-state index contributed by atoms with van der Waals surface area (Å²) < 4.78 is 29.4. The Morgan fingerprint density at radius 3 is 2.33 bits per heavy atom. The third-order valence-corrected chi connectivity index (χ3v) is 10.5. The summed E-state index contributed by atoms with van der Waals surface area (Å²) in [6.07, 6.45) is 6.25. The molecule has 6 rings (SSSR count). The van der Waals surface area contributed by atoms with Crippen LogP contribution in [0.15, 0.2) is 71.6 Å². The van der Waals surface area contributed by atoms with Crippen molar-refractivity contribution in [3.05, 3.63) is 72.3 Å². The van der Waals surface area contributed by atoms with E-state index in [2.05, 4.69) is 15.6 Å². The van der Waals surface area contributed by atoms with Crippen LogP contribution in [-0.4, -0.2) is 68.9 Å². The van der Waals surface area contributed by atoms with E-state index in [9.17, 15) is 28.2 Å². The van der Waals surface area contributed by atoms with Crippen LogP contribution in [0.25, 0.3) is 11.0 Å². The molecule has 1 aliphatic heterocycles. The Morgan fingerprint density at radius 1 is 0.911 bits per heavy atom. The number of nitrogens with one attached hydrogen (secondary N) is 1. The number of amides is 2. The quantitative estimate of drug-likeness (QED) is 0.235. The highest BCUT2D eigenvalue weighted by Gasteiger charge is 2.36. The number of phenols is 2. The Bertz CT molecular complexity index is 1800. The van der Waals surface area contributed by atoms with E-state index >= 15 is 0 Å². The minimum atomic E-state index is -3.72. The van der Waals surface area contributed by atoms with Crippen LogP contribution in [-0.2, 0) is 26.2 Å². The highest BCUT2D eigenvalue weighted by atomic mass is 32.2. The number of rotatable bonds is 9. The van der Waals surface area contributed by atoms with Crippen LogP contribution in [0.5, 0.6) is 11.5 Å². The van der Waals surface area contributed by atoms with Crippen LogP contribution in [0.1, 0.15) is 56.6 Å². The lowest BCUT2D eigenvalue weighted by molar-refractivity contribution is -0.127. The highest BCUT2D eigenvalue weighted by molar-refractivity contribution is 7.89. The molecule has 0 bridgehead atoms. The number of carbonyl (C=O) groups is 2. The van der Waals surface area contributed by atoms with E-state index in [1.54, 1.807) is 12.1 Å². The molecule has 236 valence electrons. The van der Waals surface area contributed by atoms with Gasteiger partial charge in [0.2, 0.25) is 21.8 Å². The number of nitrogens with zero attached hydrogens (tertiary/aromatic N) is 5. The third kappa shape index (κ3) is 6.36. The van der Waals surface area contributed by atoms with Gasteiger partial charge in [-0.25, -0.2) is 13.1 Å². The van der Waals surface area contributed by atoms with Gasteiger partial charge in [-0.2, -0.15) is 4.31 Å². The average Bonchev–Trinajstić information content (AvgIpc) is 3.73. The minimum Gasteiger partial charge on any atom is -0.504 e. The summed E-state index contributed by atoms with van der Waals surface area (Å²) in [7, 11) is -3.72. The van der Waals surface area contributed by atoms with Crippen molar-refractivity contribution in [1.82, 2.24) is 24.6 Å². The number of phenolic OH excluding ortho intramolecular Hbond substituents is 2. The van der Waals surface area contributed by atoms with Gasteiger partial charge in [-0.1, -0.05) is 42.7 Å². The summed E-state index contributed by atoms with van der Waals surface area (Å²) >= 11 is 0. The predicted molar refractivity (Wildman–Crippen MR) is 167 cm³/mol. The molecule has 1 saturated heterocycles. The van der Waals surface area contributed by atoms with Crippen molar-refractivity contribution >= 4 is 38.6 Å². The Hall–Kier alpha value is -4.49. The molecule has 0 radical (unpaired) electrons. The lowest BCUT2D eigenvalue weighted by Gasteiger charge is -2.33. The first-order chi connectivity index (χ1) is 21.7. The lowest BCUT2D eigenvalue weighted by atomic mass is 9.94. The molecule has 1 saturated carbocycles. The maximum atomic E-state index is 14.3. The van der Waals surface area contributed by atoms with Crippen LogP contribution < -0.4 is 10.2 Å². The summed E-state index contributed by atoms with van der Waals surface area (Å²) in [6.45, 7) is 0.633. The number of aromatic hydroxyl groups is 2. The lowest BCUT2D eigenvalue weighted by Crippen LogP contribution is -2.48. The van der Waals surface area contributed by atoms with Gasteiger partial charge in [0.05, 0.1) is 10.4 Å². The van der Waals surface area contributed by atoms with Crippen molar-refractivity contribution < 1.29 is 28.2 Å². The number of carbonyl (C=O) groups excluding carboxylic acids is 2. The molecule has 2 amide bonds. The van der Waals surface area contributed by atoms with Crippen molar-refractivity contribution in [2.24, 2.45) is 0 Å². The highest BCUT2D eigenvalue weighted by Crippen LogP contribution is 2.35. The monoisotopic (exact) mass is 632 g/mol. The molecule has 45 heavy (non-hydrogen) atoms. The Balaban J connectivity index is 1.42. The van der Waals surface area contributed by atoms with Crippen molar-refractivity contribution in [1.29, 1.82) is 0 Å². The van der Waals surface area contributed by atoms with Crippen molar-refractivity contribution in [2.75, 3.05) is 18.0 Å². The van der Waals surface area contributed by atoms with E-state index < -0.39 is 33.6 Å². The maximum absolute atomic E-state index is 14.3. The molecule has 12 nitrogen and oxygen atoms in total. The van der Waals surface area contributed by atoms with Gasteiger partial charge in [-0.3, -0.25) is 14.5 Å². The Labute approximate surface area is 261 Å². The molecule has 2 aliphatic rings. The standard InChI is InChI=1S/C32H36N6O6S/c39-28-17-12-22(20-29(28)40)31(32(42)33-23-8-2-1-3-9-23)38(30(41)21-37-27-11-5-4-10-26(27)34-35-37)24-13-15-25(16-14-24)45(43,44)36-18-6-7-19-36/h4-5,10-17,20,23,31,39-40H,1-3,6-9,18-19,21H2,(H,33,42). The van der Waals surface area contributed by atoms with Gasteiger partial charge >= 0.3 is 0 Å². The molecule has 2 fully saturated rings. The van der Waals surface area contributed by atoms with Gasteiger partial charge < -0.3 is 15.5 Å². The molecule has 1 unspecified atom stereocenters. The number of hydrogen-bond donors (Lipinski definition) is 3. The molecule has 4 aromatic rings.